The van der Waals surface area contributed by atoms with Gasteiger partial charge in [0.1, 0.15) is 30.3 Å². The molecule has 2 heterocycles. The van der Waals surface area contributed by atoms with Gasteiger partial charge in [-0.25, -0.2) is 4.79 Å². The number of hydrogen-bond acceptors (Lipinski definition) is 5. The second kappa shape index (κ2) is 8.06. The van der Waals surface area contributed by atoms with Crippen LogP contribution in [0.25, 0.3) is 0 Å². The number of fused-ring (bicyclic) bond motifs is 1. The summed E-state index contributed by atoms with van der Waals surface area (Å²) in [6.07, 6.45) is 3.21. The maximum absolute atomic E-state index is 12.6. The lowest BCUT2D eigenvalue weighted by atomic mass is 9.88. The lowest BCUT2D eigenvalue weighted by Gasteiger charge is -2.31. The number of methoxy groups -OCH3 is 1. The average molecular weight is 382 g/mol. The molecule has 1 amide bonds. The number of carbonyl (C=O) groups excluding carboxylic acids is 2. The van der Waals surface area contributed by atoms with Gasteiger partial charge in [-0.1, -0.05) is 6.92 Å². The summed E-state index contributed by atoms with van der Waals surface area (Å²) in [6.45, 7) is 8.33. The zero-order valence-electron chi connectivity index (χ0n) is 16.0. The first-order valence-electron chi connectivity index (χ1n) is 9.39. The van der Waals surface area contributed by atoms with Crippen LogP contribution in [-0.2, 0) is 27.1 Å². The van der Waals surface area contributed by atoms with Crippen LogP contribution in [0.5, 0.6) is 0 Å². The number of rotatable bonds is 4. The molecule has 1 aliphatic carbocycles. The summed E-state index contributed by atoms with van der Waals surface area (Å²) >= 11 is 1.53. The highest BCUT2D eigenvalue weighted by Gasteiger charge is 2.31. The van der Waals surface area contributed by atoms with E-state index >= 15 is 0 Å². The molecule has 7 heteroatoms. The second-order valence-electron chi connectivity index (χ2n) is 7.69. The molecule has 0 radical (unpaired) electrons. The number of quaternary nitrogens is 1. The summed E-state index contributed by atoms with van der Waals surface area (Å²) in [5.41, 5.74) is 1.63. The van der Waals surface area contributed by atoms with E-state index in [9.17, 15) is 9.59 Å². The SMILES string of the molecule is COC(=O)c1c(NC(=O)C[NH+]2C[C@@H](C)O[C@H](C)C2)sc2c1CC[C@@H](C)C2. The number of hydrogen-bond donors (Lipinski definition) is 2. The maximum atomic E-state index is 12.6. The van der Waals surface area contributed by atoms with Crippen molar-refractivity contribution < 1.29 is 24.0 Å². The first-order chi connectivity index (χ1) is 12.4. The lowest BCUT2D eigenvalue weighted by Crippen LogP contribution is -3.16. The second-order valence-corrected chi connectivity index (χ2v) is 8.79. The summed E-state index contributed by atoms with van der Waals surface area (Å²) in [5.74, 6) is 0.197. The summed E-state index contributed by atoms with van der Waals surface area (Å²) in [6, 6.07) is 0. The molecule has 0 unspecified atom stereocenters. The van der Waals surface area contributed by atoms with Crippen molar-refractivity contribution in [2.24, 2.45) is 5.92 Å². The Morgan fingerprint density at radius 3 is 2.62 bits per heavy atom. The molecule has 1 saturated heterocycles. The predicted octanol–water partition coefficient (Wildman–Crippen LogP) is 1.29. The highest BCUT2D eigenvalue weighted by Crippen LogP contribution is 2.39. The van der Waals surface area contributed by atoms with Gasteiger partial charge in [0.15, 0.2) is 6.54 Å². The monoisotopic (exact) mass is 381 g/mol. The molecule has 2 N–H and O–H groups in total. The third-order valence-corrected chi connectivity index (χ3v) is 6.35. The molecule has 1 aromatic rings. The molecule has 0 spiro atoms. The van der Waals surface area contributed by atoms with Crippen LogP contribution in [0.2, 0.25) is 0 Å². The topological polar surface area (TPSA) is 69.1 Å². The fourth-order valence-corrected chi connectivity index (χ4v) is 5.50. The number of ether oxygens (including phenoxy) is 2. The quantitative estimate of drug-likeness (QED) is 0.771. The molecular weight excluding hydrogens is 352 g/mol. The van der Waals surface area contributed by atoms with Crippen LogP contribution in [0.1, 0.15) is 48.0 Å². The number of morpholine rings is 1. The van der Waals surface area contributed by atoms with Crippen molar-refractivity contribution in [2.45, 2.75) is 52.2 Å². The van der Waals surface area contributed by atoms with E-state index in [1.807, 2.05) is 13.8 Å². The van der Waals surface area contributed by atoms with E-state index in [1.54, 1.807) is 0 Å². The first-order valence-corrected chi connectivity index (χ1v) is 10.2. The largest absolute Gasteiger partial charge is 0.465 e. The Hall–Kier alpha value is -1.44. The van der Waals surface area contributed by atoms with Crippen molar-refractivity contribution in [1.29, 1.82) is 0 Å². The van der Waals surface area contributed by atoms with Crippen LogP contribution in [0.15, 0.2) is 0 Å². The standard InChI is InChI=1S/C19H28N2O4S/c1-11-5-6-14-15(7-11)26-18(17(14)19(23)24-4)20-16(22)10-21-8-12(2)25-13(3)9-21/h11-13H,5-10H2,1-4H3,(H,20,22)/p+1/t11-,12-,13-/m1/s1. The lowest BCUT2D eigenvalue weighted by molar-refractivity contribution is -0.907. The Kier molecular flexibility index (Phi) is 5.99. The smallest absolute Gasteiger partial charge is 0.341 e. The van der Waals surface area contributed by atoms with Crippen LogP contribution in [-0.4, -0.2) is 50.8 Å². The molecule has 1 aromatic heterocycles. The molecule has 3 rings (SSSR count). The molecule has 2 aliphatic rings. The minimum atomic E-state index is -0.353. The van der Waals surface area contributed by atoms with Crippen molar-refractivity contribution >= 4 is 28.2 Å². The van der Waals surface area contributed by atoms with E-state index in [4.69, 9.17) is 9.47 Å². The third-order valence-electron chi connectivity index (χ3n) is 5.18. The molecule has 0 bridgehead atoms. The zero-order chi connectivity index (χ0) is 18.8. The zero-order valence-corrected chi connectivity index (χ0v) is 16.8. The first kappa shape index (κ1) is 19.3. The molecular formula is C19H29N2O4S+. The van der Waals surface area contributed by atoms with Gasteiger partial charge >= 0.3 is 5.97 Å². The van der Waals surface area contributed by atoms with E-state index in [2.05, 4.69) is 12.2 Å². The molecule has 0 aromatic carbocycles. The van der Waals surface area contributed by atoms with Gasteiger partial charge in [0, 0.05) is 4.88 Å². The van der Waals surface area contributed by atoms with Gasteiger partial charge in [-0.2, -0.15) is 0 Å². The Bertz CT molecular complexity index is 677. The van der Waals surface area contributed by atoms with Gasteiger partial charge in [0.05, 0.1) is 12.7 Å². The van der Waals surface area contributed by atoms with E-state index in [0.29, 0.717) is 23.0 Å². The minimum Gasteiger partial charge on any atom is -0.465 e. The summed E-state index contributed by atoms with van der Waals surface area (Å²) in [4.78, 5) is 27.4. The molecule has 3 atom stereocenters. The number of thiophene rings is 1. The van der Waals surface area contributed by atoms with Crippen LogP contribution < -0.4 is 10.2 Å². The third kappa shape index (κ3) is 4.27. The van der Waals surface area contributed by atoms with E-state index in [1.165, 1.54) is 28.2 Å². The summed E-state index contributed by atoms with van der Waals surface area (Å²) in [5, 5.41) is 3.64. The molecule has 1 fully saturated rings. The Morgan fingerprint density at radius 2 is 1.96 bits per heavy atom. The number of anilines is 1. The molecule has 6 nitrogen and oxygen atoms in total. The van der Waals surface area contributed by atoms with Crippen LogP contribution in [0, 0.1) is 5.92 Å². The number of nitrogens with one attached hydrogen (secondary N) is 2. The Labute approximate surface area is 158 Å². The van der Waals surface area contributed by atoms with Crippen molar-refractivity contribution in [3.05, 3.63) is 16.0 Å². The maximum Gasteiger partial charge on any atom is 0.341 e. The number of carbonyl (C=O) groups is 2. The van der Waals surface area contributed by atoms with E-state index in [0.717, 1.165) is 37.9 Å². The van der Waals surface area contributed by atoms with Gasteiger partial charge in [-0.3, -0.25) is 4.79 Å². The van der Waals surface area contributed by atoms with Crippen LogP contribution >= 0.6 is 11.3 Å². The van der Waals surface area contributed by atoms with Crippen molar-refractivity contribution in [2.75, 3.05) is 32.1 Å². The van der Waals surface area contributed by atoms with Gasteiger partial charge < -0.3 is 19.7 Å². The van der Waals surface area contributed by atoms with Gasteiger partial charge in [-0.05, 0) is 44.6 Å². The fourth-order valence-electron chi connectivity index (χ4n) is 4.09. The Balaban J connectivity index is 1.74. The summed E-state index contributed by atoms with van der Waals surface area (Å²) in [7, 11) is 1.39. The fraction of sp³-hybridized carbons (Fsp3) is 0.684. The molecule has 0 saturated carbocycles. The number of esters is 1. The highest BCUT2D eigenvalue weighted by atomic mass is 32.1. The number of amides is 1. The van der Waals surface area contributed by atoms with E-state index < -0.39 is 0 Å². The van der Waals surface area contributed by atoms with Gasteiger partial charge in [0.2, 0.25) is 0 Å². The normalized spacial score (nSPS) is 28.3. The van der Waals surface area contributed by atoms with Gasteiger partial charge in [-0.15, -0.1) is 11.3 Å². The predicted molar refractivity (Wildman–Crippen MR) is 101 cm³/mol. The van der Waals surface area contributed by atoms with Crippen molar-refractivity contribution in [3.63, 3.8) is 0 Å². The molecule has 1 aliphatic heterocycles. The summed E-state index contributed by atoms with van der Waals surface area (Å²) < 4.78 is 10.7. The average Bonchev–Trinajstić information content (AvgIpc) is 2.89. The van der Waals surface area contributed by atoms with Crippen LogP contribution in [0.4, 0.5) is 5.00 Å². The van der Waals surface area contributed by atoms with Crippen molar-refractivity contribution in [3.8, 4) is 0 Å². The Morgan fingerprint density at radius 1 is 1.27 bits per heavy atom. The van der Waals surface area contributed by atoms with Crippen LogP contribution in [0.3, 0.4) is 0 Å². The molecule has 144 valence electrons. The highest BCUT2D eigenvalue weighted by molar-refractivity contribution is 7.17. The van der Waals surface area contributed by atoms with Crippen molar-refractivity contribution in [1.82, 2.24) is 0 Å². The minimum absolute atomic E-state index is 0.0573. The molecule has 26 heavy (non-hydrogen) atoms. The van der Waals surface area contributed by atoms with Gasteiger partial charge in [0.25, 0.3) is 5.91 Å². The van der Waals surface area contributed by atoms with E-state index in [-0.39, 0.29) is 24.1 Å².